The van der Waals surface area contributed by atoms with Crippen LogP contribution in [0.25, 0.3) is 0 Å². The molecule has 1 aromatic carbocycles. The summed E-state index contributed by atoms with van der Waals surface area (Å²) in [5.41, 5.74) is 1.51. The molecule has 0 aliphatic carbocycles. The van der Waals surface area contributed by atoms with Gasteiger partial charge in [0, 0.05) is 5.56 Å². The second-order valence-corrected chi connectivity index (χ2v) is 3.51. The number of rotatable bonds is 4. The molecule has 0 heterocycles. The fourth-order valence-corrected chi connectivity index (χ4v) is 1.27. The van der Waals surface area contributed by atoms with Gasteiger partial charge in [-0.1, -0.05) is 12.1 Å². The quantitative estimate of drug-likeness (QED) is 0.678. The van der Waals surface area contributed by atoms with Gasteiger partial charge in [-0.15, -0.1) is 0 Å². The largest absolute Gasteiger partial charge is 0.508 e. The van der Waals surface area contributed by atoms with Crippen LogP contribution in [-0.2, 0) is 13.0 Å². The molecule has 1 rings (SSSR count). The zero-order valence-electron chi connectivity index (χ0n) is 8.27. The number of aromatic hydroxyl groups is 1. The van der Waals surface area contributed by atoms with Crippen LogP contribution in [0.3, 0.4) is 0 Å². The molecular formula is C11H16O3. The molecule has 1 aromatic rings. The summed E-state index contributed by atoms with van der Waals surface area (Å²) in [5, 5.41) is 27.3. The molecule has 0 amide bonds. The van der Waals surface area contributed by atoms with Crippen LogP contribution in [0, 0.1) is 0 Å². The van der Waals surface area contributed by atoms with E-state index in [4.69, 9.17) is 10.2 Å². The number of aliphatic hydroxyl groups excluding tert-OH is 2. The first-order chi connectivity index (χ1) is 6.63. The van der Waals surface area contributed by atoms with Crippen LogP contribution in [0.1, 0.15) is 24.5 Å². The minimum Gasteiger partial charge on any atom is -0.508 e. The maximum absolute atomic E-state index is 9.43. The molecular weight excluding hydrogens is 180 g/mol. The molecule has 0 aliphatic rings. The minimum absolute atomic E-state index is 0.121. The Balaban J connectivity index is 2.66. The summed E-state index contributed by atoms with van der Waals surface area (Å²) < 4.78 is 0. The van der Waals surface area contributed by atoms with Gasteiger partial charge in [0.15, 0.2) is 0 Å². The van der Waals surface area contributed by atoms with Crippen molar-refractivity contribution in [1.82, 2.24) is 0 Å². The Morgan fingerprint density at radius 1 is 1.36 bits per heavy atom. The van der Waals surface area contributed by atoms with Crippen LogP contribution in [0.4, 0.5) is 0 Å². The third-order valence-corrected chi connectivity index (χ3v) is 2.17. The van der Waals surface area contributed by atoms with E-state index in [2.05, 4.69) is 0 Å². The molecule has 0 radical (unpaired) electrons. The van der Waals surface area contributed by atoms with Gasteiger partial charge in [-0.05, 0) is 31.4 Å². The highest BCUT2D eigenvalue weighted by Gasteiger charge is 2.02. The standard InChI is InChI=1S/C11H16O3/c1-8(13)2-3-9-4-5-10(7-12)11(14)6-9/h4-6,8,12-14H,2-3,7H2,1H3. The van der Waals surface area contributed by atoms with E-state index in [-0.39, 0.29) is 18.5 Å². The SMILES string of the molecule is CC(O)CCc1ccc(CO)c(O)c1. The number of aryl methyl sites for hydroxylation is 1. The van der Waals surface area contributed by atoms with E-state index in [1.165, 1.54) is 0 Å². The lowest BCUT2D eigenvalue weighted by atomic mass is 10.0. The number of hydrogen-bond acceptors (Lipinski definition) is 3. The molecule has 0 aliphatic heterocycles. The average molecular weight is 196 g/mol. The third-order valence-electron chi connectivity index (χ3n) is 2.17. The second kappa shape index (κ2) is 4.98. The molecule has 0 fully saturated rings. The Hall–Kier alpha value is -1.06. The first-order valence-electron chi connectivity index (χ1n) is 4.73. The van der Waals surface area contributed by atoms with E-state index < -0.39 is 0 Å². The lowest BCUT2D eigenvalue weighted by molar-refractivity contribution is 0.185. The van der Waals surface area contributed by atoms with Gasteiger partial charge in [0.2, 0.25) is 0 Å². The summed E-state index contributed by atoms with van der Waals surface area (Å²) in [6.45, 7) is 1.59. The van der Waals surface area contributed by atoms with Crippen molar-refractivity contribution in [2.24, 2.45) is 0 Å². The molecule has 3 N–H and O–H groups in total. The topological polar surface area (TPSA) is 60.7 Å². The Kier molecular flexibility index (Phi) is 3.92. The highest BCUT2D eigenvalue weighted by molar-refractivity contribution is 5.35. The first kappa shape index (κ1) is 11.0. The van der Waals surface area contributed by atoms with Crippen LogP contribution in [0.15, 0.2) is 18.2 Å². The smallest absolute Gasteiger partial charge is 0.121 e. The molecule has 0 aromatic heterocycles. The highest BCUT2D eigenvalue weighted by atomic mass is 16.3. The summed E-state index contributed by atoms with van der Waals surface area (Å²) >= 11 is 0. The zero-order chi connectivity index (χ0) is 10.6. The van der Waals surface area contributed by atoms with Crippen LogP contribution in [0.5, 0.6) is 5.75 Å². The van der Waals surface area contributed by atoms with Crippen molar-refractivity contribution in [3.8, 4) is 5.75 Å². The van der Waals surface area contributed by atoms with Gasteiger partial charge < -0.3 is 15.3 Å². The van der Waals surface area contributed by atoms with Crippen molar-refractivity contribution >= 4 is 0 Å². The van der Waals surface area contributed by atoms with Crippen LogP contribution in [-0.4, -0.2) is 21.4 Å². The Morgan fingerprint density at radius 3 is 2.57 bits per heavy atom. The Labute approximate surface area is 83.6 Å². The molecule has 1 unspecified atom stereocenters. The van der Waals surface area contributed by atoms with Crippen molar-refractivity contribution in [1.29, 1.82) is 0 Å². The maximum Gasteiger partial charge on any atom is 0.121 e. The Morgan fingerprint density at radius 2 is 2.07 bits per heavy atom. The lowest BCUT2D eigenvalue weighted by Crippen LogP contribution is -2.01. The van der Waals surface area contributed by atoms with Gasteiger partial charge in [0.1, 0.15) is 5.75 Å². The number of phenols is 1. The van der Waals surface area contributed by atoms with Gasteiger partial charge in [-0.2, -0.15) is 0 Å². The van der Waals surface area contributed by atoms with Crippen LogP contribution in [0.2, 0.25) is 0 Å². The molecule has 3 nitrogen and oxygen atoms in total. The highest BCUT2D eigenvalue weighted by Crippen LogP contribution is 2.19. The first-order valence-corrected chi connectivity index (χ1v) is 4.73. The maximum atomic E-state index is 9.43. The van der Waals surface area contributed by atoms with Crippen molar-refractivity contribution in [2.45, 2.75) is 32.5 Å². The summed E-state index contributed by atoms with van der Waals surface area (Å²) in [6, 6.07) is 5.19. The normalized spacial score (nSPS) is 12.8. The fraction of sp³-hybridized carbons (Fsp3) is 0.455. The van der Waals surface area contributed by atoms with Crippen molar-refractivity contribution in [3.63, 3.8) is 0 Å². The summed E-state index contributed by atoms with van der Waals surface area (Å²) in [6.07, 6.45) is 1.09. The summed E-state index contributed by atoms with van der Waals surface area (Å²) in [4.78, 5) is 0. The molecule has 3 heteroatoms. The van der Waals surface area contributed by atoms with E-state index in [1.807, 2.05) is 6.07 Å². The molecule has 0 bridgehead atoms. The molecule has 78 valence electrons. The minimum atomic E-state index is -0.324. The van der Waals surface area contributed by atoms with Gasteiger partial charge in [-0.25, -0.2) is 0 Å². The predicted octanol–water partition coefficient (Wildman–Crippen LogP) is 1.20. The fourth-order valence-electron chi connectivity index (χ4n) is 1.27. The number of hydrogen-bond donors (Lipinski definition) is 3. The monoisotopic (exact) mass is 196 g/mol. The van der Waals surface area contributed by atoms with Crippen LogP contribution < -0.4 is 0 Å². The van der Waals surface area contributed by atoms with E-state index in [1.54, 1.807) is 19.1 Å². The van der Waals surface area contributed by atoms with E-state index >= 15 is 0 Å². The summed E-state index contributed by atoms with van der Waals surface area (Å²) in [7, 11) is 0. The second-order valence-electron chi connectivity index (χ2n) is 3.51. The number of aliphatic hydroxyl groups is 2. The molecule has 0 spiro atoms. The molecule has 0 saturated carbocycles. The van der Waals surface area contributed by atoms with Gasteiger partial charge in [-0.3, -0.25) is 0 Å². The van der Waals surface area contributed by atoms with Crippen molar-refractivity contribution < 1.29 is 15.3 Å². The molecule has 0 saturated heterocycles. The molecule has 14 heavy (non-hydrogen) atoms. The van der Waals surface area contributed by atoms with E-state index in [0.29, 0.717) is 12.0 Å². The zero-order valence-corrected chi connectivity index (χ0v) is 8.27. The van der Waals surface area contributed by atoms with Crippen molar-refractivity contribution in [3.05, 3.63) is 29.3 Å². The summed E-state index contributed by atoms with van der Waals surface area (Å²) in [5.74, 6) is 0.121. The Bertz CT molecular complexity index is 295. The van der Waals surface area contributed by atoms with Gasteiger partial charge in [0.25, 0.3) is 0 Å². The number of benzene rings is 1. The predicted molar refractivity (Wildman–Crippen MR) is 54.0 cm³/mol. The van der Waals surface area contributed by atoms with Gasteiger partial charge >= 0.3 is 0 Å². The lowest BCUT2D eigenvalue weighted by Gasteiger charge is -2.06. The molecule has 1 atom stereocenters. The van der Waals surface area contributed by atoms with E-state index in [9.17, 15) is 5.11 Å². The third kappa shape index (κ3) is 3.01. The van der Waals surface area contributed by atoms with Crippen molar-refractivity contribution in [2.75, 3.05) is 0 Å². The van der Waals surface area contributed by atoms with Crippen LogP contribution >= 0.6 is 0 Å². The van der Waals surface area contributed by atoms with E-state index in [0.717, 1.165) is 12.0 Å². The van der Waals surface area contributed by atoms with Gasteiger partial charge in [0.05, 0.1) is 12.7 Å². The average Bonchev–Trinajstić information content (AvgIpc) is 2.15.